The Morgan fingerprint density at radius 1 is 1.00 bits per heavy atom. The number of rotatable bonds is 4. The fourth-order valence-corrected chi connectivity index (χ4v) is 4.75. The van der Waals surface area contributed by atoms with Gasteiger partial charge in [-0.1, -0.05) is 0 Å². The van der Waals surface area contributed by atoms with Crippen molar-refractivity contribution in [2.45, 2.75) is 25.9 Å². The van der Waals surface area contributed by atoms with Gasteiger partial charge >= 0.3 is 0 Å². The van der Waals surface area contributed by atoms with Crippen molar-refractivity contribution in [3.63, 3.8) is 0 Å². The van der Waals surface area contributed by atoms with Gasteiger partial charge in [0.2, 0.25) is 0 Å². The molecule has 0 unspecified atom stereocenters. The highest BCUT2D eigenvalue weighted by Crippen LogP contribution is 2.35. The van der Waals surface area contributed by atoms with Gasteiger partial charge in [0.15, 0.2) is 0 Å². The van der Waals surface area contributed by atoms with Crippen LogP contribution in [0, 0.1) is 5.41 Å². The van der Waals surface area contributed by atoms with Gasteiger partial charge in [0.1, 0.15) is 0 Å². The lowest BCUT2D eigenvalue weighted by Gasteiger charge is -2.42. The molecule has 2 saturated heterocycles. The monoisotopic (exact) mass is 357 g/mol. The molecule has 0 N–H and O–H groups in total. The molecule has 2 aliphatic rings. The van der Waals surface area contributed by atoms with E-state index < -0.39 is 0 Å². The molecule has 0 bridgehead atoms. The molecule has 2 fully saturated rings. The largest absolute Gasteiger partial charge is 0.379 e. The van der Waals surface area contributed by atoms with Crippen molar-refractivity contribution < 1.29 is 4.74 Å². The van der Waals surface area contributed by atoms with E-state index in [0.29, 0.717) is 5.41 Å². The first-order valence-electron chi connectivity index (χ1n) is 9.24. The molecule has 0 amide bonds. The Morgan fingerprint density at radius 2 is 1.80 bits per heavy atom. The number of thiophene rings is 1. The molecule has 4 nitrogen and oxygen atoms in total. The second kappa shape index (κ2) is 7.96. The van der Waals surface area contributed by atoms with Crippen LogP contribution in [0.3, 0.4) is 0 Å². The van der Waals surface area contributed by atoms with E-state index in [9.17, 15) is 0 Å². The van der Waals surface area contributed by atoms with Gasteiger partial charge in [0.05, 0.1) is 13.2 Å². The lowest BCUT2D eigenvalue weighted by atomic mass is 9.78. The quantitative estimate of drug-likeness (QED) is 0.840. The Balaban J connectivity index is 1.36. The summed E-state index contributed by atoms with van der Waals surface area (Å²) in [7, 11) is 0. The highest BCUT2D eigenvalue weighted by Gasteiger charge is 2.37. The zero-order valence-electron chi connectivity index (χ0n) is 14.8. The zero-order valence-corrected chi connectivity index (χ0v) is 15.6. The Morgan fingerprint density at radius 3 is 2.56 bits per heavy atom. The predicted molar refractivity (Wildman–Crippen MR) is 102 cm³/mol. The van der Waals surface area contributed by atoms with Crippen LogP contribution in [0.2, 0.25) is 0 Å². The number of ether oxygens (including phenoxy) is 1. The minimum absolute atomic E-state index is 0.328. The molecule has 2 aromatic heterocycles. The summed E-state index contributed by atoms with van der Waals surface area (Å²) in [6, 6.07) is 6.50. The zero-order chi connectivity index (χ0) is 17.0. The summed E-state index contributed by atoms with van der Waals surface area (Å²) >= 11 is 1.80. The minimum atomic E-state index is 0.328. The normalized spacial score (nSPS) is 22.1. The third kappa shape index (κ3) is 4.47. The molecule has 4 rings (SSSR count). The van der Waals surface area contributed by atoms with Gasteiger partial charge in [-0.25, -0.2) is 0 Å². The maximum absolute atomic E-state index is 6.03. The van der Waals surface area contributed by atoms with Crippen LogP contribution in [0.5, 0.6) is 0 Å². The van der Waals surface area contributed by atoms with E-state index in [1.54, 1.807) is 11.3 Å². The minimum Gasteiger partial charge on any atom is -0.379 e. The Bertz CT molecular complexity index is 638. The third-order valence-corrected chi connectivity index (χ3v) is 6.31. The van der Waals surface area contributed by atoms with Crippen LogP contribution in [0.1, 0.15) is 24.0 Å². The Hall–Kier alpha value is -1.27. The average molecular weight is 358 g/mol. The first-order chi connectivity index (χ1) is 12.3. The van der Waals surface area contributed by atoms with Crippen molar-refractivity contribution >= 4 is 11.3 Å². The van der Waals surface area contributed by atoms with Crippen LogP contribution >= 0.6 is 11.3 Å². The van der Waals surface area contributed by atoms with Gasteiger partial charge < -0.3 is 4.74 Å². The third-order valence-electron chi connectivity index (χ3n) is 5.58. The maximum atomic E-state index is 6.03. The topological polar surface area (TPSA) is 28.6 Å². The number of hydrogen-bond donors (Lipinski definition) is 0. The molecule has 134 valence electrons. The fourth-order valence-electron chi connectivity index (χ4n) is 4.09. The number of nitrogens with zero attached hydrogens (tertiary/aromatic N) is 3. The van der Waals surface area contributed by atoms with Crippen molar-refractivity contribution in [3.05, 3.63) is 52.5 Å². The van der Waals surface area contributed by atoms with Gasteiger partial charge in [0.25, 0.3) is 0 Å². The lowest BCUT2D eigenvalue weighted by Crippen LogP contribution is -2.46. The highest BCUT2D eigenvalue weighted by molar-refractivity contribution is 7.07. The summed E-state index contributed by atoms with van der Waals surface area (Å²) in [6.45, 7) is 8.43. The molecule has 25 heavy (non-hydrogen) atoms. The smallest absolute Gasteiger partial charge is 0.0593 e. The van der Waals surface area contributed by atoms with E-state index in [4.69, 9.17) is 4.74 Å². The maximum Gasteiger partial charge on any atom is 0.0593 e. The molecule has 1 spiro atoms. The first-order valence-corrected chi connectivity index (χ1v) is 10.2. The molecule has 0 radical (unpaired) electrons. The van der Waals surface area contributed by atoms with E-state index in [1.165, 1.54) is 37.1 Å². The van der Waals surface area contributed by atoms with Crippen LogP contribution in [-0.4, -0.2) is 54.2 Å². The standard InChI is InChI=1S/C20H27N3OS/c1-6-21-7-2-18(1)13-23-10-11-24-17-20(16-23)4-8-22(9-5-20)14-19-3-12-25-15-19/h1-3,6-7,12,15H,4-5,8-11,13-14,16-17H2. The lowest BCUT2D eigenvalue weighted by molar-refractivity contribution is 0.0125. The second-order valence-corrected chi connectivity index (χ2v) is 8.31. The van der Waals surface area contributed by atoms with Crippen LogP contribution in [0.4, 0.5) is 0 Å². The van der Waals surface area contributed by atoms with E-state index in [0.717, 1.165) is 39.4 Å². The number of aromatic nitrogens is 1. The highest BCUT2D eigenvalue weighted by atomic mass is 32.1. The molecule has 0 aliphatic carbocycles. The fraction of sp³-hybridized carbons (Fsp3) is 0.550. The van der Waals surface area contributed by atoms with Gasteiger partial charge in [-0.05, 0) is 66.0 Å². The van der Waals surface area contributed by atoms with E-state index >= 15 is 0 Å². The molecular weight excluding hydrogens is 330 g/mol. The molecule has 0 saturated carbocycles. The van der Waals surface area contributed by atoms with Crippen molar-refractivity contribution in [3.8, 4) is 0 Å². The van der Waals surface area contributed by atoms with E-state index in [1.807, 2.05) is 12.4 Å². The van der Waals surface area contributed by atoms with Crippen molar-refractivity contribution in [1.29, 1.82) is 0 Å². The number of hydrogen-bond acceptors (Lipinski definition) is 5. The molecule has 2 aromatic rings. The Kier molecular flexibility index (Phi) is 5.46. The number of piperidine rings is 1. The van der Waals surface area contributed by atoms with Crippen molar-refractivity contribution in [2.24, 2.45) is 5.41 Å². The summed E-state index contributed by atoms with van der Waals surface area (Å²) in [5.41, 5.74) is 3.13. The molecule has 4 heterocycles. The average Bonchev–Trinajstić information content (AvgIpc) is 3.07. The van der Waals surface area contributed by atoms with Gasteiger partial charge in [0, 0.05) is 44.0 Å². The van der Waals surface area contributed by atoms with Crippen LogP contribution in [0.25, 0.3) is 0 Å². The Labute approximate surface area is 154 Å². The van der Waals surface area contributed by atoms with Gasteiger partial charge in [-0.15, -0.1) is 0 Å². The molecule has 5 heteroatoms. The summed E-state index contributed by atoms with van der Waals surface area (Å²) < 4.78 is 6.03. The van der Waals surface area contributed by atoms with Crippen LogP contribution in [0.15, 0.2) is 41.4 Å². The summed E-state index contributed by atoms with van der Waals surface area (Å²) in [5, 5.41) is 4.45. The number of pyridine rings is 1. The molecule has 0 aromatic carbocycles. The SMILES string of the molecule is c1cc(CN2CCOCC3(CCN(Cc4ccsc4)CC3)C2)ccn1. The van der Waals surface area contributed by atoms with Crippen molar-refractivity contribution in [1.82, 2.24) is 14.8 Å². The number of likely N-dealkylation sites (tertiary alicyclic amines) is 1. The predicted octanol–water partition coefficient (Wildman–Crippen LogP) is 3.26. The molecule has 0 atom stereocenters. The van der Waals surface area contributed by atoms with Gasteiger partial charge in [-0.3, -0.25) is 14.8 Å². The van der Waals surface area contributed by atoms with Crippen molar-refractivity contribution in [2.75, 3.05) is 39.4 Å². The molecule has 2 aliphatic heterocycles. The summed E-state index contributed by atoms with van der Waals surface area (Å²) in [4.78, 5) is 9.31. The first kappa shape index (κ1) is 17.2. The van der Waals surface area contributed by atoms with Crippen LogP contribution < -0.4 is 0 Å². The van der Waals surface area contributed by atoms with E-state index in [2.05, 4.69) is 43.7 Å². The van der Waals surface area contributed by atoms with Gasteiger partial charge in [-0.2, -0.15) is 11.3 Å². The summed E-state index contributed by atoms with van der Waals surface area (Å²) in [5.74, 6) is 0. The van der Waals surface area contributed by atoms with E-state index in [-0.39, 0.29) is 0 Å². The second-order valence-electron chi connectivity index (χ2n) is 7.53. The summed E-state index contributed by atoms with van der Waals surface area (Å²) in [6.07, 6.45) is 6.26. The molecular formula is C20H27N3OS. The van der Waals surface area contributed by atoms with Crippen LogP contribution in [-0.2, 0) is 17.8 Å².